The van der Waals surface area contributed by atoms with Gasteiger partial charge in [0.05, 0.1) is 11.9 Å². The first kappa shape index (κ1) is 27.4. The van der Waals surface area contributed by atoms with Crippen LogP contribution >= 0.6 is 0 Å². The lowest BCUT2D eigenvalue weighted by atomic mass is 10.1. The highest BCUT2D eigenvalue weighted by Gasteiger charge is 2.28. The summed E-state index contributed by atoms with van der Waals surface area (Å²) < 4.78 is 26.2. The second-order valence-corrected chi connectivity index (χ2v) is 10.4. The number of hydrogen-bond donors (Lipinski definition) is 1. The third-order valence-corrected chi connectivity index (χ3v) is 7.05. The highest BCUT2D eigenvalue weighted by atomic mass is 32.2. The van der Waals surface area contributed by atoms with Gasteiger partial charge in [0.1, 0.15) is 6.04 Å². The molecule has 0 unspecified atom stereocenters. The molecule has 2 amide bonds. The molecule has 1 N–H and O–H groups in total. The molecule has 34 heavy (non-hydrogen) atoms. The highest BCUT2D eigenvalue weighted by molar-refractivity contribution is 7.92. The van der Waals surface area contributed by atoms with E-state index in [1.807, 2.05) is 57.2 Å². The molecule has 7 nitrogen and oxygen atoms in total. The van der Waals surface area contributed by atoms with Crippen molar-refractivity contribution in [3.05, 3.63) is 65.2 Å². The van der Waals surface area contributed by atoms with Crippen LogP contribution in [0.15, 0.2) is 48.5 Å². The SMILES string of the molecule is CCc1ccc(N(CCCC(=O)N(Cc2cccc(C)c2)[C@H](CC)C(=O)NC)S(C)(=O)=O)cc1. The molecule has 0 aliphatic carbocycles. The van der Waals surface area contributed by atoms with Gasteiger partial charge in [-0.15, -0.1) is 0 Å². The Kier molecular flexibility index (Phi) is 10.1. The Morgan fingerprint density at radius 1 is 1.03 bits per heavy atom. The fraction of sp³-hybridized carbons (Fsp3) is 0.462. The molecule has 0 fully saturated rings. The van der Waals surface area contributed by atoms with E-state index in [4.69, 9.17) is 0 Å². The molecule has 2 rings (SSSR count). The minimum Gasteiger partial charge on any atom is -0.357 e. The lowest BCUT2D eigenvalue weighted by molar-refractivity contribution is -0.141. The van der Waals surface area contributed by atoms with Crippen LogP contribution in [-0.4, -0.2) is 51.0 Å². The van der Waals surface area contributed by atoms with Crippen molar-refractivity contribution in [2.24, 2.45) is 0 Å². The van der Waals surface area contributed by atoms with Crippen molar-refractivity contribution >= 4 is 27.5 Å². The first-order valence-electron chi connectivity index (χ1n) is 11.7. The Morgan fingerprint density at radius 3 is 2.24 bits per heavy atom. The number of benzene rings is 2. The van der Waals surface area contributed by atoms with Crippen LogP contribution in [0.4, 0.5) is 5.69 Å². The summed E-state index contributed by atoms with van der Waals surface area (Å²) in [6, 6.07) is 14.7. The fourth-order valence-electron chi connectivity index (χ4n) is 4.00. The van der Waals surface area contributed by atoms with E-state index in [-0.39, 0.29) is 24.8 Å². The monoisotopic (exact) mass is 487 g/mol. The molecule has 0 aromatic heterocycles. The molecule has 0 saturated heterocycles. The van der Waals surface area contributed by atoms with Gasteiger partial charge in [-0.05, 0) is 49.4 Å². The van der Waals surface area contributed by atoms with Crippen molar-refractivity contribution in [3.8, 4) is 0 Å². The van der Waals surface area contributed by atoms with Gasteiger partial charge < -0.3 is 10.2 Å². The summed E-state index contributed by atoms with van der Waals surface area (Å²) in [7, 11) is -1.94. The number of rotatable bonds is 12. The molecule has 2 aromatic carbocycles. The van der Waals surface area contributed by atoms with Crippen molar-refractivity contribution in [2.45, 2.75) is 59.0 Å². The van der Waals surface area contributed by atoms with E-state index in [9.17, 15) is 18.0 Å². The Morgan fingerprint density at radius 2 is 1.71 bits per heavy atom. The predicted octanol–water partition coefficient (Wildman–Crippen LogP) is 3.66. The summed E-state index contributed by atoms with van der Waals surface area (Å²) in [6.07, 6.45) is 3.00. The Hall–Kier alpha value is -2.87. The van der Waals surface area contributed by atoms with Crippen molar-refractivity contribution in [1.82, 2.24) is 10.2 Å². The van der Waals surface area contributed by atoms with Crippen molar-refractivity contribution < 1.29 is 18.0 Å². The van der Waals surface area contributed by atoms with Crippen molar-refractivity contribution in [1.29, 1.82) is 0 Å². The number of carbonyl (C=O) groups excluding carboxylic acids is 2. The lowest BCUT2D eigenvalue weighted by Crippen LogP contribution is -2.48. The summed E-state index contributed by atoms with van der Waals surface area (Å²) >= 11 is 0. The van der Waals surface area contributed by atoms with E-state index in [0.29, 0.717) is 25.1 Å². The molecule has 0 spiro atoms. The van der Waals surface area contributed by atoms with Gasteiger partial charge in [-0.1, -0.05) is 55.8 Å². The number of hydrogen-bond acceptors (Lipinski definition) is 4. The maximum Gasteiger partial charge on any atom is 0.242 e. The number of carbonyl (C=O) groups is 2. The van der Waals surface area contributed by atoms with Crippen LogP contribution in [0.1, 0.15) is 49.8 Å². The average Bonchev–Trinajstić information content (AvgIpc) is 2.80. The molecule has 8 heteroatoms. The molecular formula is C26H37N3O4S. The zero-order valence-electron chi connectivity index (χ0n) is 20.9. The van der Waals surface area contributed by atoms with Gasteiger partial charge in [0.15, 0.2) is 0 Å². The largest absolute Gasteiger partial charge is 0.357 e. The Balaban J connectivity index is 2.18. The van der Waals surface area contributed by atoms with E-state index in [2.05, 4.69) is 5.32 Å². The van der Waals surface area contributed by atoms with E-state index in [1.54, 1.807) is 24.1 Å². The molecule has 0 heterocycles. The number of nitrogens with zero attached hydrogens (tertiary/aromatic N) is 2. The smallest absolute Gasteiger partial charge is 0.242 e. The first-order valence-corrected chi connectivity index (χ1v) is 13.6. The molecule has 0 saturated carbocycles. The second-order valence-electron chi connectivity index (χ2n) is 8.51. The normalized spacial score (nSPS) is 12.1. The molecule has 0 radical (unpaired) electrons. The van der Waals surface area contributed by atoms with Gasteiger partial charge in [-0.3, -0.25) is 13.9 Å². The summed E-state index contributed by atoms with van der Waals surface area (Å²) in [5, 5.41) is 2.65. The Bertz CT molecular complexity index is 1070. The fourth-order valence-corrected chi connectivity index (χ4v) is 4.96. The summed E-state index contributed by atoms with van der Waals surface area (Å²) in [5.41, 5.74) is 3.74. The number of likely N-dealkylation sites (N-methyl/N-ethyl adjacent to an activating group) is 1. The average molecular weight is 488 g/mol. The second kappa shape index (κ2) is 12.6. The van der Waals surface area contributed by atoms with Crippen LogP contribution in [-0.2, 0) is 32.6 Å². The molecule has 2 aromatic rings. The molecular weight excluding hydrogens is 450 g/mol. The molecule has 186 valence electrons. The minimum absolute atomic E-state index is 0.137. The van der Waals surface area contributed by atoms with E-state index in [1.165, 1.54) is 10.6 Å². The third-order valence-electron chi connectivity index (χ3n) is 5.85. The highest BCUT2D eigenvalue weighted by Crippen LogP contribution is 2.20. The van der Waals surface area contributed by atoms with Gasteiger partial charge in [-0.2, -0.15) is 0 Å². The van der Waals surface area contributed by atoms with Gasteiger partial charge in [-0.25, -0.2) is 8.42 Å². The lowest BCUT2D eigenvalue weighted by Gasteiger charge is -2.31. The zero-order chi connectivity index (χ0) is 25.3. The van der Waals surface area contributed by atoms with E-state index in [0.717, 1.165) is 23.1 Å². The topological polar surface area (TPSA) is 86.8 Å². The molecule has 0 bridgehead atoms. The minimum atomic E-state index is -3.50. The van der Waals surface area contributed by atoms with Gasteiger partial charge in [0.2, 0.25) is 21.8 Å². The Labute approximate surface area is 204 Å². The standard InChI is InChI=1S/C26H37N3O4S/c1-6-21-13-15-23(16-14-21)29(34(5,32)33)17-9-12-25(30)28(24(7-2)26(31)27-4)19-22-11-8-10-20(3)18-22/h8,10-11,13-16,18,24H,6-7,9,12,17,19H2,1-5H3,(H,27,31)/t24-/m1/s1. The van der Waals surface area contributed by atoms with Gasteiger partial charge in [0, 0.05) is 26.6 Å². The van der Waals surface area contributed by atoms with Crippen molar-refractivity contribution in [3.63, 3.8) is 0 Å². The molecule has 0 aliphatic heterocycles. The third kappa shape index (κ3) is 7.58. The molecule has 0 aliphatic rings. The maximum absolute atomic E-state index is 13.3. The number of aryl methyl sites for hydroxylation is 2. The summed E-state index contributed by atoms with van der Waals surface area (Å²) in [6.45, 7) is 6.41. The maximum atomic E-state index is 13.3. The van der Waals surface area contributed by atoms with Crippen LogP contribution in [0.5, 0.6) is 0 Å². The predicted molar refractivity (Wildman–Crippen MR) is 137 cm³/mol. The summed E-state index contributed by atoms with van der Waals surface area (Å²) in [4.78, 5) is 27.4. The summed E-state index contributed by atoms with van der Waals surface area (Å²) in [5.74, 6) is -0.385. The molecule has 1 atom stereocenters. The zero-order valence-corrected chi connectivity index (χ0v) is 21.7. The van der Waals surface area contributed by atoms with Crippen LogP contribution in [0.25, 0.3) is 0 Å². The van der Waals surface area contributed by atoms with Crippen LogP contribution in [0.3, 0.4) is 0 Å². The number of nitrogens with one attached hydrogen (secondary N) is 1. The van der Waals surface area contributed by atoms with Crippen LogP contribution < -0.4 is 9.62 Å². The van der Waals surface area contributed by atoms with E-state index >= 15 is 0 Å². The van der Waals surface area contributed by atoms with Crippen LogP contribution in [0, 0.1) is 6.92 Å². The van der Waals surface area contributed by atoms with E-state index < -0.39 is 16.1 Å². The quantitative estimate of drug-likeness (QED) is 0.495. The number of amides is 2. The van der Waals surface area contributed by atoms with Crippen LogP contribution in [0.2, 0.25) is 0 Å². The van der Waals surface area contributed by atoms with Crippen molar-refractivity contribution in [2.75, 3.05) is 24.2 Å². The van der Waals surface area contributed by atoms with Gasteiger partial charge >= 0.3 is 0 Å². The van der Waals surface area contributed by atoms with Gasteiger partial charge in [0.25, 0.3) is 0 Å². The first-order chi connectivity index (χ1) is 16.1. The number of anilines is 1. The number of sulfonamides is 1.